The van der Waals surface area contributed by atoms with Crippen molar-refractivity contribution in [2.24, 2.45) is 5.73 Å². The normalized spacial score (nSPS) is 15.3. The van der Waals surface area contributed by atoms with E-state index in [-0.39, 0.29) is 5.84 Å². The number of hydrogen-bond donors (Lipinski definition) is 2. The van der Waals surface area contributed by atoms with Gasteiger partial charge in [-0.2, -0.15) is 0 Å². The van der Waals surface area contributed by atoms with E-state index in [0.29, 0.717) is 0 Å². The van der Waals surface area contributed by atoms with Crippen LogP contribution in [0.3, 0.4) is 0 Å². The standard InChI is InChI=1S/C16H20N4/c1-9-4-5-11-14(16(17)18)12-8-20(3)7-6-13(12)19-15(11)10(9)2/h4-5H,6-8H2,1-3H3,(H3,17,18). The van der Waals surface area contributed by atoms with Crippen LogP contribution >= 0.6 is 0 Å². The number of rotatable bonds is 1. The molecule has 3 N–H and O–H groups in total. The van der Waals surface area contributed by atoms with Gasteiger partial charge >= 0.3 is 0 Å². The summed E-state index contributed by atoms with van der Waals surface area (Å²) in [6.45, 7) is 6.01. The maximum atomic E-state index is 7.98. The van der Waals surface area contributed by atoms with Crippen LogP contribution in [0, 0.1) is 19.3 Å². The van der Waals surface area contributed by atoms with Crippen molar-refractivity contribution in [2.45, 2.75) is 26.8 Å². The zero-order chi connectivity index (χ0) is 14.4. The molecule has 2 aromatic rings. The van der Waals surface area contributed by atoms with Gasteiger partial charge in [0.2, 0.25) is 0 Å². The minimum Gasteiger partial charge on any atom is -0.384 e. The van der Waals surface area contributed by atoms with Gasteiger partial charge in [-0.3, -0.25) is 10.4 Å². The maximum Gasteiger partial charge on any atom is 0.123 e. The molecule has 1 aliphatic heterocycles. The zero-order valence-electron chi connectivity index (χ0n) is 12.2. The van der Waals surface area contributed by atoms with Gasteiger partial charge in [0.25, 0.3) is 0 Å². The Labute approximate surface area is 119 Å². The van der Waals surface area contributed by atoms with Gasteiger partial charge in [0.1, 0.15) is 5.84 Å². The molecule has 20 heavy (non-hydrogen) atoms. The van der Waals surface area contributed by atoms with Crippen LogP contribution in [0.15, 0.2) is 12.1 Å². The first-order valence-electron chi connectivity index (χ1n) is 6.93. The van der Waals surface area contributed by atoms with Gasteiger partial charge in [-0.1, -0.05) is 12.1 Å². The largest absolute Gasteiger partial charge is 0.384 e. The molecule has 1 aliphatic rings. The van der Waals surface area contributed by atoms with Gasteiger partial charge in [0.05, 0.1) is 5.52 Å². The van der Waals surface area contributed by atoms with Crippen LogP contribution in [-0.2, 0) is 13.0 Å². The molecular formula is C16H20N4. The molecule has 2 heterocycles. The van der Waals surface area contributed by atoms with Crippen molar-refractivity contribution in [1.82, 2.24) is 9.88 Å². The third-order valence-corrected chi connectivity index (χ3v) is 4.30. The molecule has 0 saturated carbocycles. The van der Waals surface area contributed by atoms with E-state index in [1.54, 1.807) is 0 Å². The number of likely N-dealkylation sites (N-methyl/N-ethyl adjacent to an activating group) is 1. The fraction of sp³-hybridized carbons (Fsp3) is 0.375. The fourth-order valence-corrected chi connectivity index (χ4v) is 2.99. The van der Waals surface area contributed by atoms with E-state index < -0.39 is 0 Å². The molecule has 1 aromatic carbocycles. The summed E-state index contributed by atoms with van der Waals surface area (Å²) >= 11 is 0. The number of amidine groups is 1. The monoisotopic (exact) mass is 268 g/mol. The first kappa shape index (κ1) is 13.1. The average Bonchev–Trinajstić information content (AvgIpc) is 2.40. The molecule has 4 heteroatoms. The van der Waals surface area contributed by atoms with Crippen molar-refractivity contribution in [1.29, 1.82) is 5.41 Å². The molecular weight excluding hydrogens is 248 g/mol. The molecule has 0 radical (unpaired) electrons. The van der Waals surface area contributed by atoms with E-state index >= 15 is 0 Å². The highest BCUT2D eigenvalue weighted by atomic mass is 15.1. The SMILES string of the molecule is Cc1ccc2c(C(=N)N)c3c(nc2c1C)CCN(C)C3. The zero-order valence-corrected chi connectivity index (χ0v) is 12.2. The van der Waals surface area contributed by atoms with Gasteiger partial charge in [0, 0.05) is 36.2 Å². The molecule has 0 atom stereocenters. The molecule has 0 spiro atoms. The van der Waals surface area contributed by atoms with Gasteiger partial charge in [-0.05, 0) is 37.6 Å². The molecule has 0 fully saturated rings. The molecule has 4 nitrogen and oxygen atoms in total. The Morgan fingerprint density at radius 1 is 1.35 bits per heavy atom. The Kier molecular flexibility index (Phi) is 2.98. The van der Waals surface area contributed by atoms with Crippen LogP contribution in [0.2, 0.25) is 0 Å². The highest BCUT2D eigenvalue weighted by Crippen LogP contribution is 2.30. The van der Waals surface area contributed by atoms with E-state index in [1.165, 1.54) is 11.1 Å². The Morgan fingerprint density at radius 3 is 2.80 bits per heavy atom. The predicted molar refractivity (Wildman–Crippen MR) is 82.3 cm³/mol. The number of pyridine rings is 1. The summed E-state index contributed by atoms with van der Waals surface area (Å²) in [5, 5.41) is 8.99. The van der Waals surface area contributed by atoms with Gasteiger partial charge in [-0.15, -0.1) is 0 Å². The van der Waals surface area contributed by atoms with Crippen molar-refractivity contribution in [3.63, 3.8) is 0 Å². The Hall–Kier alpha value is -1.94. The number of nitrogen functional groups attached to an aromatic ring is 1. The van der Waals surface area contributed by atoms with Crippen molar-refractivity contribution in [3.05, 3.63) is 40.1 Å². The van der Waals surface area contributed by atoms with Crippen LogP contribution < -0.4 is 5.73 Å². The first-order chi connectivity index (χ1) is 9.49. The molecule has 1 aromatic heterocycles. The number of fused-ring (bicyclic) bond motifs is 2. The highest BCUT2D eigenvalue weighted by Gasteiger charge is 2.22. The molecule has 0 bridgehead atoms. The molecule has 0 unspecified atom stereocenters. The van der Waals surface area contributed by atoms with Gasteiger partial charge < -0.3 is 10.6 Å². The minimum absolute atomic E-state index is 0.146. The van der Waals surface area contributed by atoms with Crippen molar-refractivity contribution < 1.29 is 0 Å². The number of nitrogens with zero attached hydrogens (tertiary/aromatic N) is 2. The van der Waals surface area contributed by atoms with E-state index in [2.05, 4.69) is 37.9 Å². The van der Waals surface area contributed by atoms with E-state index in [0.717, 1.165) is 47.2 Å². The second-order valence-electron chi connectivity index (χ2n) is 5.72. The molecule has 0 saturated heterocycles. The second kappa shape index (κ2) is 4.56. The lowest BCUT2D eigenvalue weighted by Crippen LogP contribution is -2.30. The number of aryl methyl sites for hydroxylation is 2. The van der Waals surface area contributed by atoms with Crippen molar-refractivity contribution >= 4 is 16.7 Å². The number of hydrogen-bond acceptors (Lipinski definition) is 3. The van der Waals surface area contributed by atoms with Crippen LogP contribution in [0.1, 0.15) is 27.9 Å². The molecule has 0 aliphatic carbocycles. The molecule has 104 valence electrons. The number of nitrogens with one attached hydrogen (secondary N) is 1. The van der Waals surface area contributed by atoms with E-state index in [4.69, 9.17) is 16.1 Å². The summed E-state index contributed by atoms with van der Waals surface area (Å²) in [5.41, 5.74) is 12.4. The summed E-state index contributed by atoms with van der Waals surface area (Å²) in [6, 6.07) is 4.14. The molecule has 3 rings (SSSR count). The summed E-state index contributed by atoms with van der Waals surface area (Å²) in [7, 11) is 2.09. The first-order valence-corrected chi connectivity index (χ1v) is 6.93. The predicted octanol–water partition coefficient (Wildman–Crippen LogP) is 2.12. The van der Waals surface area contributed by atoms with Crippen LogP contribution in [0.25, 0.3) is 10.9 Å². The average molecular weight is 268 g/mol. The van der Waals surface area contributed by atoms with Crippen molar-refractivity contribution in [2.75, 3.05) is 13.6 Å². The lowest BCUT2D eigenvalue weighted by molar-refractivity contribution is 0.310. The Bertz CT molecular complexity index is 718. The Morgan fingerprint density at radius 2 is 2.10 bits per heavy atom. The lowest BCUT2D eigenvalue weighted by atomic mass is 9.93. The van der Waals surface area contributed by atoms with Crippen LogP contribution in [-0.4, -0.2) is 29.3 Å². The Balaban J connectivity index is 2.41. The van der Waals surface area contributed by atoms with Crippen molar-refractivity contribution in [3.8, 4) is 0 Å². The minimum atomic E-state index is 0.146. The van der Waals surface area contributed by atoms with Gasteiger partial charge in [0.15, 0.2) is 0 Å². The van der Waals surface area contributed by atoms with Crippen LogP contribution in [0.5, 0.6) is 0 Å². The van der Waals surface area contributed by atoms with Crippen LogP contribution in [0.4, 0.5) is 0 Å². The van der Waals surface area contributed by atoms with E-state index in [1.807, 2.05) is 0 Å². The number of aromatic nitrogens is 1. The molecule has 0 amide bonds. The third kappa shape index (κ3) is 1.88. The summed E-state index contributed by atoms with van der Waals surface area (Å²) in [4.78, 5) is 7.13. The quantitative estimate of drug-likeness (QED) is 0.615. The smallest absolute Gasteiger partial charge is 0.123 e. The number of nitrogens with two attached hydrogens (primary N) is 1. The lowest BCUT2D eigenvalue weighted by Gasteiger charge is -2.27. The van der Waals surface area contributed by atoms with Gasteiger partial charge in [-0.25, -0.2) is 0 Å². The maximum absolute atomic E-state index is 7.98. The summed E-state index contributed by atoms with van der Waals surface area (Å²) < 4.78 is 0. The number of benzene rings is 1. The fourth-order valence-electron chi connectivity index (χ4n) is 2.99. The third-order valence-electron chi connectivity index (χ3n) is 4.30. The topological polar surface area (TPSA) is 66.0 Å². The summed E-state index contributed by atoms with van der Waals surface area (Å²) in [6.07, 6.45) is 0.926. The second-order valence-corrected chi connectivity index (χ2v) is 5.72. The summed E-state index contributed by atoms with van der Waals surface area (Å²) in [5.74, 6) is 0.146. The van der Waals surface area contributed by atoms with E-state index in [9.17, 15) is 0 Å². The highest BCUT2D eigenvalue weighted by molar-refractivity contribution is 6.09.